The van der Waals surface area contributed by atoms with Gasteiger partial charge in [-0.15, -0.1) is 0 Å². The molecule has 0 fully saturated rings. The molecule has 0 bridgehead atoms. The van der Waals surface area contributed by atoms with Crippen LogP contribution in [0.3, 0.4) is 0 Å². The molecule has 8 heteroatoms. The van der Waals surface area contributed by atoms with Gasteiger partial charge in [0.1, 0.15) is 5.82 Å². The van der Waals surface area contributed by atoms with E-state index in [1.165, 1.54) is 12.3 Å². The van der Waals surface area contributed by atoms with Crippen molar-refractivity contribution in [1.29, 1.82) is 0 Å². The second-order valence-electron chi connectivity index (χ2n) is 3.23. The summed E-state index contributed by atoms with van der Waals surface area (Å²) in [6.07, 6.45) is -3.12. The van der Waals surface area contributed by atoms with Crippen LogP contribution in [-0.4, -0.2) is 30.0 Å². The van der Waals surface area contributed by atoms with E-state index in [-0.39, 0.29) is 16.4 Å². The number of alkyl halides is 3. The summed E-state index contributed by atoms with van der Waals surface area (Å²) < 4.78 is 35.5. The number of ketones is 1. The standard InChI is InChI=1S/C9H9ClF3N3O/c10-5-1-6(8(14)16-2-5)7(17)3-15-4-9(11,12)13/h1-2,15H,3-4H2,(H2,14,16). The highest BCUT2D eigenvalue weighted by Crippen LogP contribution is 2.16. The lowest BCUT2D eigenvalue weighted by Gasteiger charge is -2.08. The van der Waals surface area contributed by atoms with Gasteiger partial charge in [-0.3, -0.25) is 4.79 Å². The summed E-state index contributed by atoms with van der Waals surface area (Å²) in [7, 11) is 0. The zero-order chi connectivity index (χ0) is 13.1. The average Bonchev–Trinajstić information content (AvgIpc) is 2.19. The zero-order valence-electron chi connectivity index (χ0n) is 8.51. The SMILES string of the molecule is Nc1ncc(Cl)cc1C(=O)CNCC(F)(F)F. The molecule has 0 radical (unpaired) electrons. The highest BCUT2D eigenvalue weighted by atomic mass is 35.5. The molecule has 0 saturated heterocycles. The van der Waals surface area contributed by atoms with E-state index in [1.807, 2.05) is 5.32 Å². The predicted octanol–water partition coefficient (Wildman–Crippen LogP) is 1.65. The normalized spacial score (nSPS) is 11.5. The predicted molar refractivity (Wildman–Crippen MR) is 56.9 cm³/mol. The van der Waals surface area contributed by atoms with Crippen LogP contribution in [0.15, 0.2) is 12.3 Å². The van der Waals surface area contributed by atoms with Crippen LogP contribution in [0.4, 0.5) is 19.0 Å². The monoisotopic (exact) mass is 267 g/mol. The Kier molecular flexibility index (Phi) is 4.30. The maximum absolute atomic E-state index is 11.8. The van der Waals surface area contributed by atoms with Crippen LogP contribution in [0.25, 0.3) is 0 Å². The van der Waals surface area contributed by atoms with Crippen LogP contribution in [-0.2, 0) is 0 Å². The van der Waals surface area contributed by atoms with E-state index >= 15 is 0 Å². The summed E-state index contributed by atoms with van der Waals surface area (Å²) in [5.41, 5.74) is 5.41. The number of Topliss-reactive ketones (excluding diaryl/α,β-unsaturated/α-hetero) is 1. The molecule has 1 aromatic rings. The minimum atomic E-state index is -4.36. The molecule has 1 rings (SSSR count). The van der Waals surface area contributed by atoms with E-state index < -0.39 is 25.0 Å². The first-order chi connectivity index (χ1) is 7.79. The van der Waals surface area contributed by atoms with E-state index in [4.69, 9.17) is 17.3 Å². The number of carbonyl (C=O) groups is 1. The van der Waals surface area contributed by atoms with Crippen molar-refractivity contribution in [3.8, 4) is 0 Å². The van der Waals surface area contributed by atoms with E-state index in [9.17, 15) is 18.0 Å². The van der Waals surface area contributed by atoms with Crippen molar-refractivity contribution < 1.29 is 18.0 Å². The van der Waals surface area contributed by atoms with Gasteiger partial charge in [0.15, 0.2) is 5.78 Å². The first-order valence-corrected chi connectivity index (χ1v) is 4.89. The molecule has 1 heterocycles. The van der Waals surface area contributed by atoms with Crippen LogP contribution in [0.5, 0.6) is 0 Å². The minimum Gasteiger partial charge on any atom is -0.383 e. The molecular weight excluding hydrogens is 259 g/mol. The Balaban J connectivity index is 2.61. The number of aromatic nitrogens is 1. The molecule has 0 aliphatic carbocycles. The maximum atomic E-state index is 11.8. The molecule has 0 aliphatic rings. The Morgan fingerprint density at radius 1 is 1.53 bits per heavy atom. The van der Waals surface area contributed by atoms with Crippen molar-refractivity contribution in [2.75, 3.05) is 18.8 Å². The van der Waals surface area contributed by atoms with Gasteiger partial charge in [-0.2, -0.15) is 13.2 Å². The Morgan fingerprint density at radius 2 is 2.18 bits per heavy atom. The molecule has 0 amide bonds. The minimum absolute atomic E-state index is 0.00664. The quantitative estimate of drug-likeness (QED) is 0.814. The van der Waals surface area contributed by atoms with Crippen LogP contribution < -0.4 is 11.1 Å². The maximum Gasteiger partial charge on any atom is 0.401 e. The van der Waals surface area contributed by atoms with Crippen LogP contribution in [0.2, 0.25) is 5.02 Å². The van der Waals surface area contributed by atoms with Crippen LogP contribution in [0.1, 0.15) is 10.4 Å². The summed E-state index contributed by atoms with van der Waals surface area (Å²) in [6, 6.07) is 1.27. The lowest BCUT2D eigenvalue weighted by atomic mass is 10.1. The third kappa shape index (κ3) is 4.58. The molecule has 4 nitrogen and oxygen atoms in total. The molecule has 0 aromatic carbocycles. The lowest BCUT2D eigenvalue weighted by molar-refractivity contribution is -0.124. The second-order valence-corrected chi connectivity index (χ2v) is 3.66. The first kappa shape index (κ1) is 13.7. The topological polar surface area (TPSA) is 68.0 Å². The van der Waals surface area contributed by atoms with Gasteiger partial charge in [-0.25, -0.2) is 4.98 Å². The second kappa shape index (κ2) is 5.33. The molecule has 94 valence electrons. The summed E-state index contributed by atoms with van der Waals surface area (Å²) >= 11 is 5.60. The highest BCUT2D eigenvalue weighted by molar-refractivity contribution is 6.31. The van der Waals surface area contributed by atoms with E-state index in [0.717, 1.165) is 0 Å². The third-order valence-electron chi connectivity index (χ3n) is 1.80. The van der Waals surface area contributed by atoms with Crippen molar-refractivity contribution in [3.63, 3.8) is 0 Å². The fraction of sp³-hybridized carbons (Fsp3) is 0.333. The summed E-state index contributed by atoms with van der Waals surface area (Å²) in [5, 5.41) is 2.16. The van der Waals surface area contributed by atoms with Crippen molar-refractivity contribution in [2.24, 2.45) is 0 Å². The number of rotatable bonds is 4. The molecule has 3 N–H and O–H groups in total. The fourth-order valence-corrected chi connectivity index (χ4v) is 1.24. The smallest absolute Gasteiger partial charge is 0.383 e. The van der Waals surface area contributed by atoms with Gasteiger partial charge >= 0.3 is 6.18 Å². The first-order valence-electron chi connectivity index (χ1n) is 4.51. The Morgan fingerprint density at radius 3 is 2.76 bits per heavy atom. The van der Waals surface area contributed by atoms with Crippen LogP contribution in [0, 0.1) is 0 Å². The Bertz CT molecular complexity index is 422. The third-order valence-corrected chi connectivity index (χ3v) is 2.00. The number of nitrogen functional groups attached to an aromatic ring is 1. The van der Waals surface area contributed by atoms with Gasteiger partial charge in [0, 0.05) is 6.20 Å². The Labute approximate surface area is 100.0 Å². The van der Waals surface area contributed by atoms with Crippen molar-refractivity contribution in [3.05, 3.63) is 22.8 Å². The molecule has 0 saturated carbocycles. The number of nitrogens with zero attached hydrogens (tertiary/aromatic N) is 1. The number of anilines is 1. The van der Waals surface area contributed by atoms with Gasteiger partial charge in [0.05, 0.1) is 23.7 Å². The van der Waals surface area contributed by atoms with Crippen molar-refractivity contribution in [2.45, 2.75) is 6.18 Å². The van der Waals surface area contributed by atoms with Gasteiger partial charge in [-0.05, 0) is 6.07 Å². The fourth-order valence-electron chi connectivity index (χ4n) is 1.09. The highest BCUT2D eigenvalue weighted by Gasteiger charge is 2.26. The van der Waals surface area contributed by atoms with Crippen LogP contribution >= 0.6 is 11.6 Å². The molecular formula is C9H9ClF3N3O. The summed E-state index contributed by atoms with van der Waals surface area (Å²) in [6.45, 7) is -1.72. The van der Waals surface area contributed by atoms with Gasteiger partial charge in [-0.1, -0.05) is 11.6 Å². The number of carbonyl (C=O) groups excluding carboxylic acids is 1. The number of halogens is 4. The van der Waals surface area contributed by atoms with Gasteiger partial charge in [0.25, 0.3) is 0 Å². The number of pyridine rings is 1. The van der Waals surface area contributed by atoms with E-state index in [2.05, 4.69) is 4.98 Å². The van der Waals surface area contributed by atoms with Gasteiger partial charge in [0.2, 0.25) is 0 Å². The number of hydrogen-bond donors (Lipinski definition) is 2. The van der Waals surface area contributed by atoms with Crippen molar-refractivity contribution in [1.82, 2.24) is 10.3 Å². The molecule has 0 aliphatic heterocycles. The number of hydrogen-bond acceptors (Lipinski definition) is 4. The molecule has 0 unspecified atom stereocenters. The molecule has 17 heavy (non-hydrogen) atoms. The van der Waals surface area contributed by atoms with E-state index in [0.29, 0.717) is 0 Å². The van der Waals surface area contributed by atoms with E-state index in [1.54, 1.807) is 0 Å². The number of nitrogens with one attached hydrogen (secondary N) is 1. The van der Waals surface area contributed by atoms with Crippen molar-refractivity contribution >= 4 is 23.2 Å². The molecule has 0 atom stereocenters. The average molecular weight is 268 g/mol. The zero-order valence-corrected chi connectivity index (χ0v) is 9.27. The number of nitrogens with two attached hydrogens (primary N) is 1. The van der Waals surface area contributed by atoms with Gasteiger partial charge < -0.3 is 11.1 Å². The summed E-state index contributed by atoms with van der Waals surface area (Å²) in [5.74, 6) is -0.657. The molecule has 1 aromatic heterocycles. The largest absolute Gasteiger partial charge is 0.401 e. The Hall–Kier alpha value is -1.34. The lowest BCUT2D eigenvalue weighted by Crippen LogP contribution is -2.33. The molecule has 0 spiro atoms. The summed E-state index contributed by atoms with van der Waals surface area (Å²) in [4.78, 5) is 15.1.